The second-order valence-corrected chi connectivity index (χ2v) is 8.26. The number of tetrazole rings is 1. The van der Waals surface area contributed by atoms with Crippen molar-refractivity contribution in [2.24, 2.45) is 5.92 Å². The van der Waals surface area contributed by atoms with E-state index in [1.807, 2.05) is 47.8 Å². The zero-order chi connectivity index (χ0) is 16.8. The number of aromatic nitrogens is 4. The highest BCUT2D eigenvalue weighted by Crippen LogP contribution is 2.23. The van der Waals surface area contributed by atoms with E-state index in [0.29, 0.717) is 17.5 Å². The van der Waals surface area contributed by atoms with Crippen molar-refractivity contribution in [3.63, 3.8) is 0 Å². The number of rotatable bonds is 4. The van der Waals surface area contributed by atoms with Crippen molar-refractivity contribution in [1.29, 1.82) is 0 Å². The molecule has 1 saturated heterocycles. The Morgan fingerprint density at radius 1 is 1.25 bits per heavy atom. The van der Waals surface area contributed by atoms with Crippen LogP contribution in [0.1, 0.15) is 12.8 Å². The molecule has 24 heavy (non-hydrogen) atoms. The molecule has 1 amide bonds. The summed E-state index contributed by atoms with van der Waals surface area (Å²) < 4.78 is 1.53. The van der Waals surface area contributed by atoms with Crippen LogP contribution in [0.25, 0.3) is 5.69 Å². The Morgan fingerprint density at radius 3 is 2.58 bits per heavy atom. The first-order valence-corrected chi connectivity index (χ1v) is 10.5. The third-order valence-electron chi connectivity index (χ3n) is 3.61. The molecule has 1 aliphatic heterocycles. The van der Waals surface area contributed by atoms with Crippen LogP contribution in [0, 0.1) is 5.92 Å². The average Bonchev–Trinajstić information content (AvgIpc) is 2.97. The van der Waals surface area contributed by atoms with E-state index >= 15 is 0 Å². The van der Waals surface area contributed by atoms with Gasteiger partial charge in [0.1, 0.15) is 0 Å². The molecule has 1 aliphatic rings. The number of carbonyl (C=O) groups is 1. The van der Waals surface area contributed by atoms with E-state index in [4.69, 9.17) is 0 Å². The molecule has 0 atom stereocenters. The molecule has 2 aromatic rings. The van der Waals surface area contributed by atoms with Crippen LogP contribution in [0.4, 0.5) is 5.69 Å². The number of thiol groups is 1. The Kier molecular flexibility index (Phi) is 6.44. The van der Waals surface area contributed by atoms with Gasteiger partial charge in [0.15, 0.2) is 0 Å². The van der Waals surface area contributed by atoms with Gasteiger partial charge in [-0.05, 0) is 70.0 Å². The van der Waals surface area contributed by atoms with Gasteiger partial charge in [-0.3, -0.25) is 4.79 Å². The Labute approximate surface area is 154 Å². The molecule has 1 aromatic carbocycles. The van der Waals surface area contributed by atoms with Crippen molar-refractivity contribution >= 4 is 47.7 Å². The van der Waals surface area contributed by atoms with Crippen molar-refractivity contribution in [3.8, 4) is 5.69 Å². The zero-order valence-corrected chi connectivity index (χ0v) is 15.6. The third kappa shape index (κ3) is 4.90. The number of anilines is 1. The largest absolute Gasteiger partial charge is 0.326 e. The van der Waals surface area contributed by atoms with Crippen LogP contribution in [-0.4, -0.2) is 49.1 Å². The molecule has 6 nitrogen and oxygen atoms in total. The van der Waals surface area contributed by atoms with Crippen molar-refractivity contribution < 1.29 is 4.79 Å². The van der Waals surface area contributed by atoms with Gasteiger partial charge in [-0.15, -0.1) is 17.7 Å². The van der Waals surface area contributed by atoms with Crippen molar-refractivity contribution in [3.05, 3.63) is 24.3 Å². The Hall–Kier alpha value is -1.19. The minimum absolute atomic E-state index is 0.0758. The van der Waals surface area contributed by atoms with Crippen LogP contribution >= 0.6 is 36.2 Å². The Bertz CT molecular complexity index is 668. The fourth-order valence-electron chi connectivity index (χ4n) is 2.44. The summed E-state index contributed by atoms with van der Waals surface area (Å²) in [6.07, 6.45) is 1.85. The number of amides is 1. The topological polar surface area (TPSA) is 72.7 Å². The molecular weight excluding hydrogens is 362 g/mol. The van der Waals surface area contributed by atoms with Crippen LogP contribution < -0.4 is 5.32 Å². The summed E-state index contributed by atoms with van der Waals surface area (Å²) in [6.45, 7) is 0. The van der Waals surface area contributed by atoms with Crippen LogP contribution in [0.2, 0.25) is 0 Å². The van der Waals surface area contributed by atoms with Gasteiger partial charge in [-0.1, -0.05) is 0 Å². The first-order chi connectivity index (χ1) is 11.7. The maximum atomic E-state index is 12.3. The van der Waals surface area contributed by atoms with Gasteiger partial charge in [-0.2, -0.15) is 28.2 Å². The summed E-state index contributed by atoms with van der Waals surface area (Å²) in [5.74, 6) is 5.08. The molecule has 0 saturated carbocycles. The first-order valence-electron chi connectivity index (χ1n) is 7.75. The SMILES string of the molecule is O=C(CC1CSCCCSC1)Nc1ccc(-n2nnnc2S)cc1. The molecule has 1 N–H and O–H groups in total. The normalized spacial score (nSPS) is 16.4. The molecule has 0 aliphatic carbocycles. The van der Waals surface area contributed by atoms with Crippen LogP contribution in [0.5, 0.6) is 0 Å². The maximum Gasteiger partial charge on any atom is 0.224 e. The van der Waals surface area contributed by atoms with Gasteiger partial charge in [0.2, 0.25) is 11.1 Å². The molecule has 0 radical (unpaired) electrons. The molecule has 0 bridgehead atoms. The first kappa shape index (κ1) is 17.6. The van der Waals surface area contributed by atoms with Gasteiger partial charge in [0.25, 0.3) is 0 Å². The highest BCUT2D eigenvalue weighted by atomic mass is 32.2. The lowest BCUT2D eigenvalue weighted by atomic mass is 10.1. The van der Waals surface area contributed by atoms with Gasteiger partial charge in [-0.25, -0.2) is 0 Å². The molecule has 1 aromatic heterocycles. The van der Waals surface area contributed by atoms with E-state index in [9.17, 15) is 4.79 Å². The number of carbonyl (C=O) groups excluding carboxylic acids is 1. The van der Waals surface area contributed by atoms with E-state index in [-0.39, 0.29) is 5.91 Å². The summed E-state index contributed by atoms with van der Waals surface area (Å²) in [5.41, 5.74) is 1.58. The summed E-state index contributed by atoms with van der Waals surface area (Å²) in [7, 11) is 0. The number of nitrogens with zero attached hydrogens (tertiary/aromatic N) is 4. The van der Waals surface area contributed by atoms with Crippen LogP contribution in [0.3, 0.4) is 0 Å². The summed E-state index contributed by atoms with van der Waals surface area (Å²) in [6, 6.07) is 7.41. The van der Waals surface area contributed by atoms with E-state index in [2.05, 4.69) is 33.5 Å². The molecule has 128 valence electrons. The zero-order valence-electron chi connectivity index (χ0n) is 13.1. The third-order valence-corrected chi connectivity index (χ3v) is 6.46. The quantitative estimate of drug-likeness (QED) is 0.794. The highest BCUT2D eigenvalue weighted by Gasteiger charge is 2.16. The molecular formula is C15H19N5OS3. The van der Waals surface area contributed by atoms with Gasteiger partial charge < -0.3 is 5.32 Å². The van der Waals surface area contributed by atoms with Crippen LogP contribution in [0.15, 0.2) is 29.4 Å². The van der Waals surface area contributed by atoms with Crippen molar-refractivity contribution in [2.45, 2.75) is 18.0 Å². The predicted octanol–water partition coefficient (Wildman–Crippen LogP) is 2.77. The Balaban J connectivity index is 1.55. The molecule has 9 heteroatoms. The van der Waals surface area contributed by atoms with E-state index in [0.717, 1.165) is 22.9 Å². The van der Waals surface area contributed by atoms with Gasteiger partial charge in [0.05, 0.1) is 5.69 Å². The van der Waals surface area contributed by atoms with Crippen molar-refractivity contribution in [1.82, 2.24) is 20.2 Å². The second-order valence-electron chi connectivity index (χ2n) is 5.56. The summed E-state index contributed by atoms with van der Waals surface area (Å²) in [4.78, 5) is 12.3. The van der Waals surface area contributed by atoms with Crippen molar-refractivity contribution in [2.75, 3.05) is 28.3 Å². The smallest absolute Gasteiger partial charge is 0.224 e. The summed E-state index contributed by atoms with van der Waals surface area (Å²) in [5, 5.41) is 14.6. The minimum atomic E-state index is 0.0758. The fraction of sp³-hybridized carbons (Fsp3) is 0.467. The Morgan fingerprint density at radius 2 is 1.96 bits per heavy atom. The number of hydrogen-bond acceptors (Lipinski definition) is 7. The number of hydrogen-bond donors (Lipinski definition) is 2. The minimum Gasteiger partial charge on any atom is -0.326 e. The standard InChI is InChI=1S/C15H19N5OS3/c21-14(8-11-9-23-6-1-7-24-10-11)16-12-2-4-13(5-3-12)20-15(22)17-18-19-20/h2-5,11H,1,6-10H2,(H,16,21)(H,17,19,22). The summed E-state index contributed by atoms with van der Waals surface area (Å²) >= 11 is 8.12. The fourth-order valence-corrected chi connectivity index (χ4v) is 5.13. The molecule has 3 rings (SSSR count). The molecule has 1 fully saturated rings. The number of benzene rings is 1. The lowest BCUT2D eigenvalue weighted by Gasteiger charge is -2.18. The maximum absolute atomic E-state index is 12.3. The molecule has 2 heterocycles. The second kappa shape index (κ2) is 8.77. The number of nitrogens with one attached hydrogen (secondary N) is 1. The van der Waals surface area contributed by atoms with Gasteiger partial charge >= 0.3 is 0 Å². The molecule has 0 spiro atoms. The predicted molar refractivity (Wildman–Crippen MR) is 102 cm³/mol. The lowest BCUT2D eigenvalue weighted by Crippen LogP contribution is -2.20. The number of thioether (sulfide) groups is 2. The van der Waals surface area contributed by atoms with Gasteiger partial charge in [0, 0.05) is 12.1 Å². The highest BCUT2D eigenvalue weighted by molar-refractivity contribution is 8.00. The monoisotopic (exact) mass is 381 g/mol. The van der Waals surface area contributed by atoms with E-state index < -0.39 is 0 Å². The average molecular weight is 382 g/mol. The van der Waals surface area contributed by atoms with Crippen LogP contribution in [-0.2, 0) is 4.79 Å². The lowest BCUT2D eigenvalue weighted by molar-refractivity contribution is -0.116. The molecule has 0 unspecified atom stereocenters. The van der Waals surface area contributed by atoms with E-state index in [1.54, 1.807) is 0 Å². The van der Waals surface area contributed by atoms with E-state index in [1.165, 1.54) is 22.6 Å².